The summed E-state index contributed by atoms with van der Waals surface area (Å²) in [7, 11) is 0. The van der Waals surface area contributed by atoms with Gasteiger partial charge in [0.05, 0.1) is 12.3 Å². The molecule has 0 aliphatic heterocycles. The molecule has 3 heteroatoms. The Labute approximate surface area is 111 Å². The molecule has 1 aromatic carbocycles. The van der Waals surface area contributed by atoms with Crippen molar-refractivity contribution in [1.82, 2.24) is 4.98 Å². The van der Waals surface area contributed by atoms with Crippen LogP contribution in [0, 0.1) is 13.8 Å². The van der Waals surface area contributed by atoms with Crippen molar-refractivity contribution in [3.05, 3.63) is 39.7 Å². The van der Waals surface area contributed by atoms with Gasteiger partial charge in [-0.05, 0) is 38.3 Å². The van der Waals surface area contributed by atoms with Crippen molar-refractivity contribution in [2.45, 2.75) is 32.1 Å². The summed E-state index contributed by atoms with van der Waals surface area (Å²) in [4.78, 5) is 4.75. The summed E-state index contributed by atoms with van der Waals surface area (Å²) >= 11 is 1.68. The number of nitrogens with zero attached hydrogens (tertiary/aromatic N) is 1. The summed E-state index contributed by atoms with van der Waals surface area (Å²) < 4.78 is 0. The van der Waals surface area contributed by atoms with Crippen molar-refractivity contribution in [2.24, 2.45) is 0 Å². The molecule has 0 bridgehead atoms. The number of rotatable bonds is 3. The lowest BCUT2D eigenvalue weighted by molar-refractivity contribution is 0.255. The van der Waals surface area contributed by atoms with Crippen LogP contribution in [-0.4, -0.2) is 16.7 Å². The molecular formula is C15H17NOS. The first kappa shape index (κ1) is 11.9. The molecule has 3 rings (SSSR count). The number of aliphatic hydroxyl groups is 1. The van der Waals surface area contributed by atoms with Gasteiger partial charge in [0.25, 0.3) is 0 Å². The second kappa shape index (κ2) is 4.18. The van der Waals surface area contributed by atoms with Crippen molar-refractivity contribution >= 4 is 11.3 Å². The summed E-state index contributed by atoms with van der Waals surface area (Å²) in [6.45, 7) is 4.45. The van der Waals surface area contributed by atoms with Gasteiger partial charge < -0.3 is 5.11 Å². The molecule has 1 heterocycles. The molecule has 0 atom stereocenters. The summed E-state index contributed by atoms with van der Waals surface area (Å²) in [5.74, 6) is 0. The van der Waals surface area contributed by atoms with E-state index in [2.05, 4.69) is 37.4 Å². The number of benzene rings is 1. The van der Waals surface area contributed by atoms with Crippen LogP contribution in [0.25, 0.3) is 11.3 Å². The highest BCUT2D eigenvalue weighted by Crippen LogP contribution is 2.49. The Morgan fingerprint density at radius 1 is 1.33 bits per heavy atom. The van der Waals surface area contributed by atoms with Crippen molar-refractivity contribution in [3.8, 4) is 11.3 Å². The average Bonchev–Trinajstić information content (AvgIpc) is 3.02. The molecule has 2 aromatic rings. The summed E-state index contributed by atoms with van der Waals surface area (Å²) in [5, 5.41) is 12.7. The molecule has 0 saturated heterocycles. The topological polar surface area (TPSA) is 33.1 Å². The van der Waals surface area contributed by atoms with Crippen LogP contribution < -0.4 is 0 Å². The van der Waals surface area contributed by atoms with Crippen molar-refractivity contribution in [2.75, 3.05) is 6.61 Å². The lowest BCUT2D eigenvalue weighted by Gasteiger charge is -2.07. The van der Waals surface area contributed by atoms with Gasteiger partial charge >= 0.3 is 0 Å². The van der Waals surface area contributed by atoms with Crippen LogP contribution in [-0.2, 0) is 5.41 Å². The lowest BCUT2D eigenvalue weighted by atomic mass is 10.0. The summed E-state index contributed by atoms with van der Waals surface area (Å²) in [6.07, 6.45) is 2.15. The summed E-state index contributed by atoms with van der Waals surface area (Å²) in [5.41, 5.74) is 4.77. The first-order valence-corrected chi connectivity index (χ1v) is 7.17. The van der Waals surface area contributed by atoms with Crippen LogP contribution in [0.5, 0.6) is 0 Å². The van der Waals surface area contributed by atoms with Crippen molar-refractivity contribution in [1.29, 1.82) is 0 Å². The maximum absolute atomic E-state index is 9.46. The van der Waals surface area contributed by atoms with E-state index in [1.165, 1.54) is 16.7 Å². The van der Waals surface area contributed by atoms with Gasteiger partial charge in [-0.2, -0.15) is 0 Å². The van der Waals surface area contributed by atoms with Gasteiger partial charge in [-0.1, -0.05) is 17.7 Å². The number of aromatic nitrogens is 1. The minimum Gasteiger partial charge on any atom is -0.395 e. The Hall–Kier alpha value is -1.19. The third-order valence-corrected chi connectivity index (χ3v) is 4.87. The predicted octanol–water partition coefficient (Wildman–Crippen LogP) is 3.45. The van der Waals surface area contributed by atoms with E-state index in [0.29, 0.717) is 0 Å². The summed E-state index contributed by atoms with van der Waals surface area (Å²) in [6, 6.07) is 6.46. The smallest absolute Gasteiger partial charge is 0.102 e. The molecule has 1 N–H and O–H groups in total. The zero-order valence-electron chi connectivity index (χ0n) is 10.7. The molecule has 0 spiro atoms. The fraction of sp³-hybridized carbons (Fsp3) is 0.400. The first-order valence-electron chi connectivity index (χ1n) is 6.29. The van der Waals surface area contributed by atoms with Gasteiger partial charge in [-0.25, -0.2) is 4.98 Å². The van der Waals surface area contributed by atoms with E-state index in [0.717, 1.165) is 23.5 Å². The molecule has 0 unspecified atom stereocenters. The molecule has 1 aromatic heterocycles. The van der Waals surface area contributed by atoms with Crippen molar-refractivity contribution in [3.63, 3.8) is 0 Å². The third kappa shape index (κ3) is 1.88. The Kier molecular flexibility index (Phi) is 2.76. The molecule has 0 amide bonds. The van der Waals surface area contributed by atoms with Gasteiger partial charge in [-0.15, -0.1) is 11.3 Å². The van der Waals surface area contributed by atoms with Gasteiger partial charge in [0.15, 0.2) is 0 Å². The SMILES string of the molecule is Cc1ccc(C)c(-c2csc(C3(CO)CC3)n2)c1. The minimum absolute atomic E-state index is 0.0132. The Morgan fingerprint density at radius 3 is 2.78 bits per heavy atom. The fourth-order valence-electron chi connectivity index (χ4n) is 2.24. The number of aryl methyl sites for hydroxylation is 2. The van der Waals surface area contributed by atoms with Gasteiger partial charge in [-0.3, -0.25) is 0 Å². The highest BCUT2D eigenvalue weighted by Gasteiger charge is 2.46. The third-order valence-electron chi connectivity index (χ3n) is 3.78. The second-order valence-electron chi connectivity index (χ2n) is 5.29. The van der Waals surface area contributed by atoms with Crippen LogP contribution >= 0.6 is 11.3 Å². The minimum atomic E-state index is -0.0132. The highest BCUT2D eigenvalue weighted by atomic mass is 32.1. The number of aliphatic hydroxyl groups excluding tert-OH is 1. The Balaban J connectivity index is 2.00. The van der Waals surface area contributed by atoms with Gasteiger partial charge in [0, 0.05) is 16.4 Å². The van der Waals surface area contributed by atoms with E-state index in [9.17, 15) is 5.11 Å². The van der Waals surface area contributed by atoms with E-state index in [4.69, 9.17) is 4.98 Å². The van der Waals surface area contributed by atoms with E-state index >= 15 is 0 Å². The largest absolute Gasteiger partial charge is 0.395 e. The molecular weight excluding hydrogens is 242 g/mol. The first-order chi connectivity index (χ1) is 8.64. The molecule has 2 nitrogen and oxygen atoms in total. The van der Waals surface area contributed by atoms with Gasteiger partial charge in [0.2, 0.25) is 0 Å². The van der Waals surface area contributed by atoms with Crippen LogP contribution in [0.4, 0.5) is 0 Å². The molecule has 0 radical (unpaired) electrons. The van der Waals surface area contributed by atoms with E-state index in [1.807, 2.05) is 0 Å². The van der Waals surface area contributed by atoms with Crippen LogP contribution in [0.1, 0.15) is 29.0 Å². The Bertz CT molecular complexity index is 584. The predicted molar refractivity (Wildman–Crippen MR) is 75.0 cm³/mol. The van der Waals surface area contributed by atoms with Crippen LogP contribution in [0.2, 0.25) is 0 Å². The zero-order chi connectivity index (χ0) is 12.8. The van der Waals surface area contributed by atoms with Gasteiger partial charge in [0.1, 0.15) is 5.01 Å². The maximum Gasteiger partial charge on any atom is 0.102 e. The monoisotopic (exact) mass is 259 g/mol. The normalized spacial score (nSPS) is 16.8. The highest BCUT2D eigenvalue weighted by molar-refractivity contribution is 7.10. The molecule has 1 aliphatic carbocycles. The Morgan fingerprint density at radius 2 is 2.11 bits per heavy atom. The molecule has 18 heavy (non-hydrogen) atoms. The van der Waals surface area contributed by atoms with Crippen LogP contribution in [0.3, 0.4) is 0 Å². The lowest BCUT2D eigenvalue weighted by Crippen LogP contribution is -2.11. The number of thiazole rings is 1. The standard InChI is InChI=1S/C15H17NOS/c1-10-3-4-11(2)12(7-10)13-8-18-14(16-13)15(9-17)5-6-15/h3-4,7-8,17H,5-6,9H2,1-2H3. The van der Waals surface area contributed by atoms with E-state index in [-0.39, 0.29) is 12.0 Å². The quantitative estimate of drug-likeness (QED) is 0.915. The molecule has 94 valence electrons. The van der Waals surface area contributed by atoms with E-state index in [1.54, 1.807) is 11.3 Å². The molecule has 1 saturated carbocycles. The zero-order valence-corrected chi connectivity index (χ0v) is 11.5. The fourth-order valence-corrected chi connectivity index (χ4v) is 3.32. The number of hydrogen-bond donors (Lipinski definition) is 1. The maximum atomic E-state index is 9.46. The molecule has 1 fully saturated rings. The van der Waals surface area contributed by atoms with E-state index < -0.39 is 0 Å². The molecule has 1 aliphatic rings. The van der Waals surface area contributed by atoms with Crippen LogP contribution in [0.15, 0.2) is 23.6 Å². The average molecular weight is 259 g/mol. The number of hydrogen-bond acceptors (Lipinski definition) is 3. The second-order valence-corrected chi connectivity index (χ2v) is 6.15. The van der Waals surface area contributed by atoms with Crippen molar-refractivity contribution < 1.29 is 5.11 Å².